The molecule has 1 aliphatic rings. The molecule has 2 rings (SSSR count). The Bertz CT molecular complexity index is 595. The average Bonchev–Trinajstić information content (AvgIpc) is 2.84. The summed E-state index contributed by atoms with van der Waals surface area (Å²) in [4.78, 5) is 11.8. The number of sulfone groups is 1. The van der Waals surface area contributed by atoms with E-state index >= 15 is 0 Å². The summed E-state index contributed by atoms with van der Waals surface area (Å²) in [6.45, 7) is 0.754. The second kappa shape index (κ2) is 5.26. The molecule has 19 heavy (non-hydrogen) atoms. The van der Waals surface area contributed by atoms with Crippen molar-refractivity contribution in [3.63, 3.8) is 0 Å². The lowest BCUT2D eigenvalue weighted by molar-refractivity contribution is -0.117. The van der Waals surface area contributed by atoms with Crippen molar-refractivity contribution in [3.8, 4) is 0 Å². The Kier molecular flexibility index (Phi) is 3.86. The molecule has 0 spiro atoms. The Balaban J connectivity index is 2.22. The number of rotatable bonds is 3. The molecule has 1 aliphatic heterocycles. The van der Waals surface area contributed by atoms with E-state index in [1.165, 1.54) is 6.07 Å². The van der Waals surface area contributed by atoms with Gasteiger partial charge in [0.1, 0.15) is 5.82 Å². The molecule has 0 aliphatic carbocycles. The van der Waals surface area contributed by atoms with Gasteiger partial charge in [0.2, 0.25) is 5.91 Å². The fraction of sp³-hybridized carbons (Fsp3) is 0.417. The lowest BCUT2D eigenvalue weighted by Gasteiger charge is -2.12. The van der Waals surface area contributed by atoms with E-state index in [2.05, 4.69) is 10.6 Å². The average molecular weight is 286 g/mol. The van der Waals surface area contributed by atoms with Gasteiger partial charge in [0, 0.05) is 6.26 Å². The van der Waals surface area contributed by atoms with E-state index < -0.39 is 15.7 Å². The summed E-state index contributed by atoms with van der Waals surface area (Å²) in [6.07, 6.45) is 2.62. The molecule has 0 bridgehead atoms. The van der Waals surface area contributed by atoms with Crippen LogP contribution in [0, 0.1) is 5.82 Å². The van der Waals surface area contributed by atoms with Gasteiger partial charge in [0.25, 0.3) is 0 Å². The van der Waals surface area contributed by atoms with E-state index in [-0.39, 0.29) is 22.5 Å². The van der Waals surface area contributed by atoms with Gasteiger partial charge in [-0.2, -0.15) is 0 Å². The first-order valence-electron chi connectivity index (χ1n) is 5.92. The van der Waals surface area contributed by atoms with Crippen molar-refractivity contribution in [2.45, 2.75) is 23.8 Å². The maximum Gasteiger partial charge on any atom is 0.241 e. The van der Waals surface area contributed by atoms with Crippen LogP contribution in [0.25, 0.3) is 0 Å². The number of nitrogens with one attached hydrogen (secondary N) is 2. The summed E-state index contributed by atoms with van der Waals surface area (Å²) in [6, 6.07) is 3.00. The third kappa shape index (κ3) is 3.30. The summed E-state index contributed by atoms with van der Waals surface area (Å²) >= 11 is 0. The van der Waals surface area contributed by atoms with Gasteiger partial charge in [0.05, 0.1) is 16.6 Å². The van der Waals surface area contributed by atoms with Crippen molar-refractivity contribution in [1.82, 2.24) is 5.32 Å². The lowest BCUT2D eigenvalue weighted by atomic mass is 10.2. The molecule has 0 unspecified atom stereocenters. The summed E-state index contributed by atoms with van der Waals surface area (Å²) in [5.41, 5.74) is -0.110. The van der Waals surface area contributed by atoms with Crippen LogP contribution in [0.4, 0.5) is 10.1 Å². The first kappa shape index (κ1) is 14.0. The van der Waals surface area contributed by atoms with Crippen molar-refractivity contribution in [1.29, 1.82) is 0 Å². The second-order valence-corrected chi connectivity index (χ2v) is 6.57. The number of halogens is 1. The molecule has 104 valence electrons. The topological polar surface area (TPSA) is 75.3 Å². The summed E-state index contributed by atoms with van der Waals surface area (Å²) in [7, 11) is -3.43. The van der Waals surface area contributed by atoms with E-state index in [1.54, 1.807) is 0 Å². The first-order valence-corrected chi connectivity index (χ1v) is 7.81. The molecular formula is C12H15FN2O3S. The molecule has 1 heterocycles. The van der Waals surface area contributed by atoms with Crippen LogP contribution in [0.1, 0.15) is 12.8 Å². The zero-order valence-electron chi connectivity index (χ0n) is 10.4. The van der Waals surface area contributed by atoms with Crippen molar-refractivity contribution in [3.05, 3.63) is 24.0 Å². The molecule has 0 aromatic heterocycles. The Labute approximate surface area is 111 Å². The highest BCUT2D eigenvalue weighted by Crippen LogP contribution is 2.20. The van der Waals surface area contributed by atoms with E-state index in [4.69, 9.17) is 0 Å². The number of amides is 1. The number of carbonyl (C=O) groups excluding carboxylic acids is 1. The third-order valence-electron chi connectivity index (χ3n) is 3.00. The summed E-state index contributed by atoms with van der Waals surface area (Å²) in [5.74, 6) is -0.999. The van der Waals surface area contributed by atoms with Gasteiger partial charge < -0.3 is 10.6 Å². The number of hydrogen-bond acceptors (Lipinski definition) is 4. The largest absolute Gasteiger partial charge is 0.322 e. The van der Waals surface area contributed by atoms with Crippen molar-refractivity contribution < 1.29 is 17.6 Å². The monoisotopic (exact) mass is 286 g/mol. The fourth-order valence-corrected chi connectivity index (χ4v) is 2.61. The lowest BCUT2D eigenvalue weighted by Crippen LogP contribution is -2.35. The molecule has 1 saturated heterocycles. The molecule has 0 saturated carbocycles. The van der Waals surface area contributed by atoms with Crippen LogP contribution in [0.15, 0.2) is 23.1 Å². The van der Waals surface area contributed by atoms with E-state index in [0.717, 1.165) is 31.4 Å². The molecule has 1 fully saturated rings. The van der Waals surface area contributed by atoms with Gasteiger partial charge in [-0.1, -0.05) is 0 Å². The molecule has 1 atom stereocenters. The van der Waals surface area contributed by atoms with Crippen LogP contribution in [0.3, 0.4) is 0 Å². The van der Waals surface area contributed by atoms with Crippen LogP contribution in [-0.4, -0.2) is 33.2 Å². The predicted molar refractivity (Wildman–Crippen MR) is 69.2 cm³/mol. The van der Waals surface area contributed by atoms with Crippen LogP contribution >= 0.6 is 0 Å². The predicted octanol–water partition coefficient (Wildman–Crippen LogP) is 0.920. The number of benzene rings is 1. The Morgan fingerprint density at radius 3 is 2.79 bits per heavy atom. The quantitative estimate of drug-likeness (QED) is 0.810. The highest BCUT2D eigenvalue weighted by Gasteiger charge is 2.23. The number of carbonyl (C=O) groups is 1. The van der Waals surface area contributed by atoms with Crippen LogP contribution < -0.4 is 10.6 Å². The molecule has 5 nitrogen and oxygen atoms in total. The minimum Gasteiger partial charge on any atom is -0.322 e. The smallest absolute Gasteiger partial charge is 0.241 e. The van der Waals surface area contributed by atoms with Gasteiger partial charge in [-0.25, -0.2) is 12.8 Å². The molecule has 0 radical (unpaired) electrons. The van der Waals surface area contributed by atoms with Crippen LogP contribution in [-0.2, 0) is 14.6 Å². The first-order chi connectivity index (χ1) is 8.88. The fourth-order valence-electron chi connectivity index (χ4n) is 1.96. The van der Waals surface area contributed by atoms with Crippen molar-refractivity contribution in [2.75, 3.05) is 18.1 Å². The highest BCUT2D eigenvalue weighted by molar-refractivity contribution is 7.90. The Morgan fingerprint density at radius 1 is 1.47 bits per heavy atom. The third-order valence-corrected chi connectivity index (χ3v) is 4.11. The standard InChI is InChI=1S/C12H15FN2O3S/c1-19(17,18)8-4-5-9(13)11(7-8)15-12(16)10-3-2-6-14-10/h4-5,7,10,14H,2-3,6H2,1H3,(H,15,16)/t10-/m0/s1. The summed E-state index contributed by atoms with van der Waals surface area (Å²) in [5, 5.41) is 5.41. The SMILES string of the molecule is CS(=O)(=O)c1ccc(F)c(NC(=O)[C@@H]2CCCN2)c1. The van der Waals surface area contributed by atoms with E-state index in [0.29, 0.717) is 6.42 Å². The van der Waals surface area contributed by atoms with Crippen LogP contribution in [0.5, 0.6) is 0 Å². The van der Waals surface area contributed by atoms with Gasteiger partial charge in [-0.15, -0.1) is 0 Å². The Hall–Kier alpha value is -1.47. The van der Waals surface area contributed by atoms with E-state index in [9.17, 15) is 17.6 Å². The minimum absolute atomic E-state index is 0.0245. The molecule has 2 N–H and O–H groups in total. The van der Waals surface area contributed by atoms with Gasteiger partial charge >= 0.3 is 0 Å². The van der Waals surface area contributed by atoms with Gasteiger partial charge in [-0.3, -0.25) is 4.79 Å². The molecule has 7 heteroatoms. The van der Waals surface area contributed by atoms with Gasteiger partial charge in [-0.05, 0) is 37.6 Å². The minimum atomic E-state index is -3.43. The second-order valence-electron chi connectivity index (χ2n) is 4.55. The molecule has 1 amide bonds. The molecule has 1 aromatic rings. The summed E-state index contributed by atoms with van der Waals surface area (Å²) < 4.78 is 36.4. The normalized spacial score (nSPS) is 19.4. The maximum absolute atomic E-state index is 13.6. The number of anilines is 1. The Morgan fingerprint density at radius 2 is 2.21 bits per heavy atom. The van der Waals surface area contributed by atoms with Crippen molar-refractivity contribution in [2.24, 2.45) is 0 Å². The van der Waals surface area contributed by atoms with Crippen LogP contribution in [0.2, 0.25) is 0 Å². The van der Waals surface area contributed by atoms with Gasteiger partial charge in [0.15, 0.2) is 9.84 Å². The molecular weight excluding hydrogens is 271 g/mol. The highest BCUT2D eigenvalue weighted by atomic mass is 32.2. The number of hydrogen-bond donors (Lipinski definition) is 2. The van der Waals surface area contributed by atoms with E-state index in [1.807, 2.05) is 0 Å². The molecule has 1 aromatic carbocycles. The zero-order chi connectivity index (χ0) is 14.0. The van der Waals surface area contributed by atoms with Crippen molar-refractivity contribution >= 4 is 21.4 Å². The zero-order valence-corrected chi connectivity index (χ0v) is 11.3. The maximum atomic E-state index is 13.6.